The number of ketones is 2. The van der Waals surface area contributed by atoms with Crippen LogP contribution in [0.3, 0.4) is 0 Å². The first-order chi connectivity index (χ1) is 33.8. The van der Waals surface area contributed by atoms with Gasteiger partial charge in [0.1, 0.15) is 23.2 Å². The molecular weight excluding hydrogens is 1200 g/mol. The number of rotatable bonds is 8. The van der Waals surface area contributed by atoms with Crippen molar-refractivity contribution < 1.29 is 34.1 Å². The van der Waals surface area contributed by atoms with Gasteiger partial charge in [-0.25, -0.2) is 15.0 Å². The number of aliphatic imine (C=N–C) groups is 3. The summed E-state index contributed by atoms with van der Waals surface area (Å²) in [6, 6.07) is 13.9. The van der Waals surface area contributed by atoms with Crippen LogP contribution in [-0.2, 0) is 54.8 Å². The summed E-state index contributed by atoms with van der Waals surface area (Å²) in [4.78, 5) is 65.4. The van der Waals surface area contributed by atoms with Crippen LogP contribution in [0.4, 0.5) is 22.7 Å². The number of amidine groups is 2. The van der Waals surface area contributed by atoms with Crippen molar-refractivity contribution in [3.63, 3.8) is 0 Å². The monoisotopic (exact) mass is 1240 g/mol. The number of hydrogen-bond donors (Lipinski definition) is 3. The smallest absolute Gasteiger partial charge is 0.325 e. The minimum atomic E-state index is -0.359. The Morgan fingerprint density at radius 3 is 1.51 bits per heavy atom. The molecule has 17 nitrogen and oxygen atoms in total. The number of Topliss-reactive ketones (excluding diaryl/α,β-unsaturated/α-hetero) is 2. The Balaban J connectivity index is 0.000000250. The highest BCUT2D eigenvalue weighted by Gasteiger charge is 2.32. The van der Waals surface area contributed by atoms with Crippen molar-refractivity contribution in [2.24, 2.45) is 20.7 Å². The number of nitrogens with zero attached hydrogens (tertiary/aromatic N) is 7. The SMILES string of the molecule is CCOC(=O)CN1Cc2c(ccc(Cl)c2Cl)N=C1N.CCOC(=O)CNCc1c(N)ccc(Cl)c1Cl.Cl.N#CBr.O.O=C1CC2=Nc3ccc(Cl)c(Cl)c3CN2C1.O=C1CC2=Nc3ccc(Cl)c(Cl)c3CN2C1. The maximum Gasteiger partial charge on any atom is 0.325 e. The summed E-state index contributed by atoms with van der Waals surface area (Å²) in [5.74, 6) is 1.68. The summed E-state index contributed by atoms with van der Waals surface area (Å²) in [7, 11) is 0. The number of nitrogens with one attached hydrogen (secondary N) is 1. The van der Waals surface area contributed by atoms with E-state index in [-0.39, 0.29) is 60.4 Å². The van der Waals surface area contributed by atoms with Gasteiger partial charge in [0.25, 0.3) is 0 Å². The van der Waals surface area contributed by atoms with Crippen LogP contribution in [-0.4, -0.2) is 101 Å². The zero-order valence-corrected chi connectivity index (χ0v) is 47.1. The lowest BCUT2D eigenvalue weighted by molar-refractivity contribution is -0.144. The molecule has 0 radical (unpaired) electrons. The molecule has 0 aromatic heterocycles. The molecule has 0 atom stereocenters. The second-order valence-electron chi connectivity index (χ2n) is 15.3. The topological polar surface area (TPSA) is 253 Å². The largest absolute Gasteiger partial charge is 0.465 e. The Labute approximate surface area is 475 Å². The van der Waals surface area contributed by atoms with Crippen molar-refractivity contribution in [1.82, 2.24) is 20.0 Å². The first kappa shape index (κ1) is 63.0. The molecule has 4 aromatic rings. The summed E-state index contributed by atoms with van der Waals surface area (Å²) >= 11 is 50.6. The third-order valence-corrected chi connectivity index (χ3v) is 13.9. The molecular formula is C46H46BrCl9N10O7. The summed E-state index contributed by atoms with van der Waals surface area (Å²) < 4.78 is 9.66. The van der Waals surface area contributed by atoms with Gasteiger partial charge in [-0.2, -0.15) is 5.26 Å². The van der Waals surface area contributed by atoms with Crippen LogP contribution < -0.4 is 16.8 Å². The minimum Gasteiger partial charge on any atom is -0.465 e. The molecule has 0 unspecified atom stereocenters. The number of halogens is 10. The number of nitrogens with two attached hydrogens (primary N) is 2. The maximum atomic E-state index is 11.5. The molecule has 5 aliphatic rings. The van der Waals surface area contributed by atoms with Crippen molar-refractivity contribution in [3.8, 4) is 4.98 Å². The van der Waals surface area contributed by atoms with E-state index in [9.17, 15) is 19.2 Å². The van der Waals surface area contributed by atoms with E-state index >= 15 is 0 Å². The molecule has 7 N–H and O–H groups in total. The van der Waals surface area contributed by atoms with E-state index in [1.807, 2.05) is 21.9 Å². The van der Waals surface area contributed by atoms with Crippen LogP contribution in [0.15, 0.2) is 63.5 Å². The Bertz CT molecular complexity index is 2760. The van der Waals surface area contributed by atoms with Crippen molar-refractivity contribution in [2.45, 2.75) is 52.9 Å². The average Bonchev–Trinajstić information content (AvgIpc) is 3.89. The van der Waals surface area contributed by atoms with E-state index < -0.39 is 0 Å². The number of nitriles is 1. The number of fused-ring (bicyclic) bond motifs is 5. The van der Waals surface area contributed by atoms with E-state index in [0.717, 1.165) is 39.7 Å². The number of esters is 2. The highest BCUT2D eigenvalue weighted by molar-refractivity contribution is 9.12. The Morgan fingerprint density at radius 1 is 0.658 bits per heavy atom. The van der Waals surface area contributed by atoms with Gasteiger partial charge in [0.15, 0.2) is 17.5 Å². The van der Waals surface area contributed by atoms with Gasteiger partial charge in [0.05, 0.1) is 109 Å². The highest BCUT2D eigenvalue weighted by atomic mass is 79.9. The van der Waals surface area contributed by atoms with Gasteiger partial charge in [-0.05, 0) is 62.4 Å². The third kappa shape index (κ3) is 16.8. The normalized spacial score (nSPS) is 14.1. The van der Waals surface area contributed by atoms with Gasteiger partial charge in [-0.3, -0.25) is 19.2 Å². The summed E-state index contributed by atoms with van der Waals surface area (Å²) in [6.45, 7) is 7.18. The molecule has 27 heteroatoms. The second kappa shape index (κ2) is 29.7. The molecule has 0 amide bonds. The molecule has 2 fully saturated rings. The van der Waals surface area contributed by atoms with Gasteiger partial charge >= 0.3 is 11.9 Å². The van der Waals surface area contributed by atoms with Crippen molar-refractivity contribution in [2.75, 3.05) is 45.1 Å². The lowest BCUT2D eigenvalue weighted by Gasteiger charge is -2.27. The Hall–Kier alpha value is -4.33. The number of nitrogen functional groups attached to an aromatic ring is 1. The van der Waals surface area contributed by atoms with Gasteiger partial charge in [-0.15, -0.1) is 12.4 Å². The number of guanidine groups is 1. The molecule has 0 aliphatic carbocycles. The number of carbonyl (C=O) groups excluding carboxylic acids is 4. The van der Waals surface area contributed by atoms with Gasteiger partial charge < -0.3 is 46.4 Å². The number of carbonyl (C=O) groups is 4. The fourth-order valence-corrected chi connectivity index (χ4v) is 8.84. The summed E-state index contributed by atoms with van der Waals surface area (Å²) in [6.07, 6.45) is 0.860. The standard InChI is InChI=1S/C12H13Cl2N3O2.C11H14Cl2N2O2.2C11H8Cl2N2O.CBrN.ClH.H2O/c1-2-19-10(18)6-17-5-7-9(16-12(17)15)4-3-8(13)11(7)14;1-2-17-10(16)6-15-5-7-9(14)4-3-8(12)11(7)13;2*12-8-1-2-9-7(11(8)13)5-15-4-6(16)3-10(15)14-9;2-1-3;;/h3-4H,2,5-6H2,1H3,(H2,15,16);3-4,15H,2,5-6,14H2,1H3;2*1-2H,3-5H2;;1H;1H2. The van der Waals surface area contributed by atoms with E-state index in [2.05, 4.69) is 36.2 Å². The molecule has 4 aromatic carbocycles. The maximum absolute atomic E-state index is 11.5. The van der Waals surface area contributed by atoms with Crippen LogP contribution in [0.1, 0.15) is 48.9 Å². The molecule has 0 bridgehead atoms. The summed E-state index contributed by atoms with van der Waals surface area (Å²) in [5, 5.41) is 14.0. The zero-order valence-electron chi connectivity index (χ0n) is 38.6. The van der Waals surface area contributed by atoms with E-state index in [0.29, 0.717) is 122 Å². The van der Waals surface area contributed by atoms with Crippen LogP contribution in [0.2, 0.25) is 40.2 Å². The molecule has 9 rings (SSSR count). The first-order valence-electron chi connectivity index (χ1n) is 21.2. The molecule has 2 saturated heterocycles. The fourth-order valence-electron chi connectivity index (χ4n) is 7.24. The van der Waals surface area contributed by atoms with Crippen molar-refractivity contribution in [3.05, 3.63) is 111 Å². The zero-order chi connectivity index (χ0) is 52.1. The molecule has 0 spiro atoms. The Morgan fingerprint density at radius 2 is 1.05 bits per heavy atom. The first-order valence-corrected chi connectivity index (χ1v) is 25.0. The lowest BCUT2D eigenvalue weighted by atomic mass is 10.1. The number of anilines is 1. The third-order valence-electron chi connectivity index (χ3n) is 10.5. The van der Waals surface area contributed by atoms with Crippen molar-refractivity contribution >= 4 is 185 Å². The van der Waals surface area contributed by atoms with Crippen molar-refractivity contribution in [1.29, 1.82) is 5.26 Å². The fraction of sp³-hybridized carbons (Fsp3) is 0.304. The summed E-state index contributed by atoms with van der Waals surface area (Å²) in [5.41, 5.74) is 17.7. The number of ether oxygens (including phenoxy) is 2. The van der Waals surface area contributed by atoms with Gasteiger partial charge in [0, 0.05) is 63.5 Å². The molecule has 0 saturated carbocycles. The quantitative estimate of drug-likeness (QED) is 0.110. The highest BCUT2D eigenvalue weighted by Crippen LogP contribution is 2.40. The van der Waals surface area contributed by atoms with Crippen LogP contribution >= 0.6 is 121 Å². The molecule has 5 heterocycles. The van der Waals surface area contributed by atoms with E-state index in [1.165, 1.54) is 0 Å². The lowest BCUT2D eigenvalue weighted by Crippen LogP contribution is -2.42. The predicted octanol–water partition coefficient (Wildman–Crippen LogP) is 10.6. The molecule has 392 valence electrons. The second-order valence-corrected chi connectivity index (χ2v) is 18.8. The Kier molecular flexibility index (Phi) is 25.6. The van der Waals surface area contributed by atoms with E-state index in [4.69, 9.17) is 119 Å². The number of benzene rings is 4. The molecule has 5 aliphatic heterocycles. The van der Waals surface area contributed by atoms with E-state index in [1.54, 1.807) is 60.1 Å². The number of hydrogen-bond acceptors (Lipinski definition) is 16. The van der Waals surface area contributed by atoms with Crippen LogP contribution in [0.5, 0.6) is 0 Å². The van der Waals surface area contributed by atoms with Crippen LogP contribution in [0.25, 0.3) is 0 Å². The average molecular weight is 1250 g/mol. The van der Waals surface area contributed by atoms with Crippen LogP contribution in [0, 0.1) is 10.2 Å². The van der Waals surface area contributed by atoms with Gasteiger partial charge in [0.2, 0.25) is 0 Å². The minimum absolute atomic E-state index is 0. The predicted molar refractivity (Wildman–Crippen MR) is 297 cm³/mol. The molecule has 73 heavy (non-hydrogen) atoms. The van der Waals surface area contributed by atoms with Gasteiger partial charge in [-0.1, -0.05) is 92.8 Å².